The molecule has 4 heteroatoms. The molecule has 130 valence electrons. The summed E-state index contributed by atoms with van der Waals surface area (Å²) in [4.78, 5) is 0. The van der Waals surface area contributed by atoms with Gasteiger partial charge in [-0.25, -0.2) is 0 Å². The molecule has 0 saturated carbocycles. The molecule has 1 aromatic carbocycles. The second kappa shape index (κ2) is 8.00. The number of aliphatic hydroxyl groups excluding tert-OH is 1. The summed E-state index contributed by atoms with van der Waals surface area (Å²) >= 11 is 0. The van der Waals surface area contributed by atoms with E-state index in [0.29, 0.717) is 12.1 Å². The van der Waals surface area contributed by atoms with Crippen LogP contribution in [0.4, 0.5) is 0 Å². The predicted octanol–water partition coefficient (Wildman–Crippen LogP) is 0.502. The van der Waals surface area contributed by atoms with Crippen LogP contribution in [0.2, 0.25) is 0 Å². The molecule has 1 N–H and O–H groups in total. The zero-order valence-electron chi connectivity index (χ0n) is 14.4. The fourth-order valence-electron chi connectivity index (χ4n) is 4.39. The van der Waals surface area contributed by atoms with Gasteiger partial charge in [-0.2, -0.15) is 0 Å². The number of fused-ring (bicyclic) bond motifs is 2. The van der Waals surface area contributed by atoms with E-state index in [0.717, 1.165) is 42.6 Å². The molecule has 2 saturated heterocycles. The molecule has 23 heavy (non-hydrogen) atoms. The quantitative estimate of drug-likeness (QED) is 0.572. The standard InChI is InChI=1S/C19H30NO2.BrH/c1-3-4-11-22-19-9-5-15(6-10-19)14-20(2)16-7-8-17(20)13-18(21)12-16;/h5-6,9-10,16-18,21H,3-4,7-8,11-14H2,1-2H3;1H/q+1;/p-1. The second-order valence-electron chi connectivity index (χ2n) is 7.36. The first-order valence-electron chi connectivity index (χ1n) is 8.86. The number of hydrogen-bond acceptors (Lipinski definition) is 2. The fraction of sp³-hybridized carbons (Fsp3) is 0.684. The molecule has 2 aliphatic rings. The van der Waals surface area contributed by atoms with Crippen LogP contribution in [-0.4, -0.2) is 41.4 Å². The first-order chi connectivity index (χ1) is 10.6. The molecular formula is C19H30BrNO2. The third kappa shape index (κ3) is 4.09. The number of quaternary nitrogens is 1. The molecule has 1 aromatic rings. The molecule has 3 nitrogen and oxygen atoms in total. The molecule has 2 heterocycles. The third-order valence-electron chi connectivity index (χ3n) is 5.80. The molecule has 0 amide bonds. The molecule has 0 spiro atoms. The average molecular weight is 384 g/mol. The first kappa shape index (κ1) is 18.8. The minimum Gasteiger partial charge on any atom is -1.00 e. The number of benzene rings is 1. The second-order valence-corrected chi connectivity index (χ2v) is 7.36. The molecule has 0 aliphatic carbocycles. The number of unbranched alkanes of at least 4 members (excludes halogenated alkanes) is 1. The van der Waals surface area contributed by atoms with Crippen molar-refractivity contribution >= 4 is 0 Å². The van der Waals surface area contributed by atoms with Crippen molar-refractivity contribution in [1.29, 1.82) is 0 Å². The fourth-order valence-corrected chi connectivity index (χ4v) is 4.39. The molecule has 0 radical (unpaired) electrons. The Hall–Kier alpha value is -0.580. The van der Waals surface area contributed by atoms with Crippen LogP contribution in [0.1, 0.15) is 51.0 Å². The van der Waals surface area contributed by atoms with E-state index in [4.69, 9.17) is 4.74 Å². The highest BCUT2D eigenvalue weighted by atomic mass is 79.9. The van der Waals surface area contributed by atoms with Crippen molar-refractivity contribution in [3.63, 3.8) is 0 Å². The van der Waals surface area contributed by atoms with Crippen molar-refractivity contribution in [2.45, 2.75) is 70.2 Å². The Morgan fingerprint density at radius 3 is 2.30 bits per heavy atom. The highest BCUT2D eigenvalue weighted by molar-refractivity contribution is 5.27. The third-order valence-corrected chi connectivity index (χ3v) is 5.80. The number of aliphatic hydroxyl groups is 1. The number of rotatable bonds is 6. The summed E-state index contributed by atoms with van der Waals surface area (Å²) in [5.74, 6) is 0.983. The van der Waals surface area contributed by atoms with Crippen LogP contribution in [0.3, 0.4) is 0 Å². The summed E-state index contributed by atoms with van der Waals surface area (Å²) in [6.45, 7) is 4.07. The van der Waals surface area contributed by atoms with E-state index in [-0.39, 0.29) is 23.1 Å². The van der Waals surface area contributed by atoms with Crippen molar-refractivity contribution < 1.29 is 31.3 Å². The van der Waals surface area contributed by atoms with E-state index in [9.17, 15) is 5.11 Å². The van der Waals surface area contributed by atoms with E-state index in [1.165, 1.54) is 24.8 Å². The van der Waals surface area contributed by atoms with E-state index in [1.54, 1.807) is 0 Å². The van der Waals surface area contributed by atoms with Crippen LogP contribution in [0.15, 0.2) is 24.3 Å². The summed E-state index contributed by atoms with van der Waals surface area (Å²) in [5.41, 5.74) is 1.39. The van der Waals surface area contributed by atoms with Crippen LogP contribution in [0.5, 0.6) is 5.75 Å². The van der Waals surface area contributed by atoms with E-state index in [1.807, 2.05) is 0 Å². The molecular weight excluding hydrogens is 354 g/mol. The van der Waals surface area contributed by atoms with Gasteiger partial charge in [-0.1, -0.05) is 13.3 Å². The maximum Gasteiger partial charge on any atom is 0.119 e. The van der Waals surface area contributed by atoms with Crippen LogP contribution >= 0.6 is 0 Å². The summed E-state index contributed by atoms with van der Waals surface area (Å²) in [7, 11) is 2.39. The number of hydrogen-bond donors (Lipinski definition) is 1. The lowest BCUT2D eigenvalue weighted by molar-refractivity contribution is -0.961. The van der Waals surface area contributed by atoms with Crippen LogP contribution in [0, 0.1) is 0 Å². The van der Waals surface area contributed by atoms with Crippen molar-refractivity contribution in [1.82, 2.24) is 0 Å². The molecule has 2 bridgehead atoms. The van der Waals surface area contributed by atoms with Crippen LogP contribution < -0.4 is 21.7 Å². The lowest BCUT2D eigenvalue weighted by atomic mass is 9.96. The zero-order valence-corrected chi connectivity index (χ0v) is 16.0. The Balaban J connectivity index is 0.00000192. The average Bonchev–Trinajstić information content (AvgIpc) is 2.68. The van der Waals surface area contributed by atoms with Crippen LogP contribution in [-0.2, 0) is 6.54 Å². The summed E-state index contributed by atoms with van der Waals surface area (Å²) < 4.78 is 6.87. The summed E-state index contributed by atoms with van der Waals surface area (Å²) in [6.07, 6.45) is 6.71. The first-order valence-corrected chi connectivity index (χ1v) is 8.86. The van der Waals surface area contributed by atoms with Crippen molar-refractivity contribution in [3.8, 4) is 5.75 Å². The molecule has 2 fully saturated rings. The molecule has 2 aliphatic heterocycles. The number of halogens is 1. The monoisotopic (exact) mass is 383 g/mol. The highest BCUT2D eigenvalue weighted by Gasteiger charge is 2.50. The summed E-state index contributed by atoms with van der Waals surface area (Å²) in [6, 6.07) is 9.92. The van der Waals surface area contributed by atoms with Gasteiger partial charge in [0.15, 0.2) is 0 Å². The number of nitrogens with zero attached hydrogens (tertiary/aromatic N) is 1. The normalized spacial score (nSPS) is 32.4. The number of piperidine rings is 1. The van der Waals surface area contributed by atoms with Gasteiger partial charge in [0.1, 0.15) is 12.3 Å². The molecule has 2 atom stereocenters. The topological polar surface area (TPSA) is 29.5 Å². The number of ether oxygens (including phenoxy) is 1. The maximum absolute atomic E-state index is 10.0. The Bertz CT molecular complexity index is 477. The van der Waals surface area contributed by atoms with Gasteiger partial charge < -0.3 is 31.3 Å². The Labute approximate surface area is 151 Å². The lowest BCUT2D eigenvalue weighted by Crippen LogP contribution is -3.00. The zero-order chi connectivity index (χ0) is 15.6. The Morgan fingerprint density at radius 1 is 1.13 bits per heavy atom. The minimum atomic E-state index is -0.0713. The molecule has 3 rings (SSSR count). The predicted molar refractivity (Wildman–Crippen MR) is 88.8 cm³/mol. The maximum atomic E-state index is 10.0. The van der Waals surface area contributed by atoms with Gasteiger partial charge in [-0.15, -0.1) is 0 Å². The largest absolute Gasteiger partial charge is 1.00 e. The molecule has 2 unspecified atom stereocenters. The van der Waals surface area contributed by atoms with Crippen molar-refractivity contribution in [2.24, 2.45) is 0 Å². The summed E-state index contributed by atoms with van der Waals surface area (Å²) in [5, 5.41) is 10.0. The van der Waals surface area contributed by atoms with E-state index < -0.39 is 0 Å². The van der Waals surface area contributed by atoms with Gasteiger partial charge in [0.05, 0.1) is 31.8 Å². The highest BCUT2D eigenvalue weighted by Crippen LogP contribution is 2.42. The van der Waals surface area contributed by atoms with Crippen molar-refractivity contribution in [3.05, 3.63) is 29.8 Å². The SMILES string of the molecule is CCCCOc1ccc(C[N+]2(C)C3CCC2CC(O)C3)cc1.[Br-]. The minimum absolute atomic E-state index is 0. The van der Waals surface area contributed by atoms with Gasteiger partial charge in [-0.3, -0.25) is 0 Å². The van der Waals surface area contributed by atoms with Gasteiger partial charge in [0.25, 0.3) is 0 Å². The van der Waals surface area contributed by atoms with E-state index >= 15 is 0 Å². The van der Waals surface area contributed by atoms with E-state index in [2.05, 4.69) is 38.2 Å². The smallest absolute Gasteiger partial charge is 0.119 e. The van der Waals surface area contributed by atoms with Gasteiger partial charge in [0, 0.05) is 31.2 Å². The van der Waals surface area contributed by atoms with Crippen LogP contribution in [0.25, 0.3) is 0 Å². The molecule has 0 aromatic heterocycles. The van der Waals surface area contributed by atoms with Gasteiger partial charge in [0.2, 0.25) is 0 Å². The van der Waals surface area contributed by atoms with Gasteiger partial charge >= 0.3 is 0 Å². The Kier molecular flexibility index (Phi) is 6.52. The lowest BCUT2D eigenvalue weighted by Gasteiger charge is -2.46. The Morgan fingerprint density at radius 2 is 1.74 bits per heavy atom. The van der Waals surface area contributed by atoms with Gasteiger partial charge in [-0.05, 0) is 30.7 Å². The van der Waals surface area contributed by atoms with Crippen molar-refractivity contribution in [2.75, 3.05) is 13.7 Å².